The van der Waals surface area contributed by atoms with E-state index in [1.165, 1.54) is 6.08 Å². The molecule has 0 radical (unpaired) electrons. The predicted molar refractivity (Wildman–Crippen MR) is 85.2 cm³/mol. The van der Waals surface area contributed by atoms with Crippen LogP contribution in [0.2, 0.25) is 0 Å². The first-order chi connectivity index (χ1) is 10.2. The number of hydrogen-bond acceptors (Lipinski definition) is 3. The van der Waals surface area contributed by atoms with Crippen molar-refractivity contribution in [2.24, 2.45) is 10.2 Å². The number of anilines is 1. The van der Waals surface area contributed by atoms with E-state index < -0.39 is 0 Å². The molecule has 0 bridgehead atoms. The molecular weight excluding hydrogens is 262 g/mol. The molecular formula is C17H17N3O. The standard InChI is InChI=1S/C17H17N3O/c1-3-8-16(21)18-17-13(2)9-7-12-15(17)20-19-14-10-5-4-6-11-14/h3-12H,1-2H3,(H,18,21). The van der Waals surface area contributed by atoms with Crippen molar-refractivity contribution in [1.82, 2.24) is 0 Å². The highest BCUT2D eigenvalue weighted by molar-refractivity contribution is 6.01. The molecule has 0 unspecified atom stereocenters. The quantitative estimate of drug-likeness (QED) is 0.626. The summed E-state index contributed by atoms with van der Waals surface area (Å²) in [5, 5.41) is 11.3. The lowest BCUT2D eigenvalue weighted by Crippen LogP contribution is -2.09. The smallest absolute Gasteiger partial charge is 0.248 e. The van der Waals surface area contributed by atoms with Crippen LogP contribution >= 0.6 is 0 Å². The van der Waals surface area contributed by atoms with Crippen molar-refractivity contribution in [3.63, 3.8) is 0 Å². The van der Waals surface area contributed by atoms with E-state index in [9.17, 15) is 4.79 Å². The summed E-state index contributed by atoms with van der Waals surface area (Å²) in [5.41, 5.74) is 3.03. The molecule has 0 saturated carbocycles. The lowest BCUT2D eigenvalue weighted by molar-refractivity contribution is -0.111. The van der Waals surface area contributed by atoms with Gasteiger partial charge in [0.05, 0.1) is 11.4 Å². The van der Waals surface area contributed by atoms with Gasteiger partial charge in [-0.15, -0.1) is 5.11 Å². The number of amides is 1. The molecule has 0 heterocycles. The van der Waals surface area contributed by atoms with Crippen LogP contribution in [0.4, 0.5) is 17.1 Å². The summed E-state index contributed by atoms with van der Waals surface area (Å²) < 4.78 is 0. The number of carbonyl (C=O) groups is 1. The fraction of sp³-hybridized carbons (Fsp3) is 0.118. The predicted octanol–water partition coefficient (Wildman–Crippen LogP) is 4.93. The number of rotatable bonds is 4. The Morgan fingerprint density at radius 3 is 2.52 bits per heavy atom. The monoisotopic (exact) mass is 279 g/mol. The van der Waals surface area contributed by atoms with Crippen molar-refractivity contribution in [1.29, 1.82) is 0 Å². The van der Waals surface area contributed by atoms with Gasteiger partial charge in [-0.25, -0.2) is 0 Å². The second-order valence-corrected chi connectivity index (χ2v) is 4.49. The summed E-state index contributed by atoms with van der Waals surface area (Å²) in [5.74, 6) is -0.178. The van der Waals surface area contributed by atoms with Gasteiger partial charge in [-0.3, -0.25) is 4.79 Å². The minimum absolute atomic E-state index is 0.178. The number of carbonyl (C=O) groups excluding carboxylic acids is 1. The number of hydrogen-bond donors (Lipinski definition) is 1. The lowest BCUT2D eigenvalue weighted by Gasteiger charge is -2.08. The third-order valence-electron chi connectivity index (χ3n) is 2.85. The Hall–Kier alpha value is -2.75. The number of para-hydroxylation sites is 1. The molecule has 2 aromatic carbocycles. The summed E-state index contributed by atoms with van der Waals surface area (Å²) in [6, 6.07) is 15.1. The molecule has 0 saturated heterocycles. The van der Waals surface area contributed by atoms with Gasteiger partial charge < -0.3 is 5.32 Å². The molecule has 0 fully saturated rings. The highest BCUT2D eigenvalue weighted by Crippen LogP contribution is 2.30. The number of aryl methyl sites for hydroxylation is 1. The Bertz CT molecular complexity index is 676. The third-order valence-corrected chi connectivity index (χ3v) is 2.85. The maximum Gasteiger partial charge on any atom is 0.248 e. The van der Waals surface area contributed by atoms with Crippen LogP contribution in [0.25, 0.3) is 0 Å². The average molecular weight is 279 g/mol. The second-order valence-electron chi connectivity index (χ2n) is 4.49. The summed E-state index contributed by atoms with van der Waals surface area (Å²) in [7, 11) is 0. The van der Waals surface area contributed by atoms with Gasteiger partial charge in [-0.05, 0) is 43.7 Å². The van der Waals surface area contributed by atoms with Crippen LogP contribution in [-0.4, -0.2) is 5.91 Å². The second kappa shape index (κ2) is 7.14. The summed E-state index contributed by atoms with van der Waals surface area (Å²) in [6.45, 7) is 3.72. The van der Waals surface area contributed by atoms with Crippen LogP contribution in [0.15, 0.2) is 70.9 Å². The molecule has 0 aromatic heterocycles. The highest BCUT2D eigenvalue weighted by Gasteiger charge is 2.07. The fourth-order valence-electron chi connectivity index (χ4n) is 1.82. The minimum atomic E-state index is -0.178. The Morgan fingerprint density at radius 1 is 1.05 bits per heavy atom. The van der Waals surface area contributed by atoms with Crippen LogP contribution < -0.4 is 5.32 Å². The van der Waals surface area contributed by atoms with Gasteiger partial charge in [-0.2, -0.15) is 5.11 Å². The first-order valence-electron chi connectivity index (χ1n) is 6.71. The number of nitrogens with one attached hydrogen (secondary N) is 1. The van der Waals surface area contributed by atoms with Crippen molar-refractivity contribution in [2.45, 2.75) is 13.8 Å². The maximum absolute atomic E-state index is 11.7. The van der Waals surface area contributed by atoms with E-state index >= 15 is 0 Å². The topological polar surface area (TPSA) is 53.8 Å². The number of azo groups is 1. The first-order valence-corrected chi connectivity index (χ1v) is 6.71. The first kappa shape index (κ1) is 14.7. The van der Waals surface area contributed by atoms with Crippen molar-refractivity contribution in [3.05, 3.63) is 66.2 Å². The maximum atomic E-state index is 11.7. The molecule has 4 heteroatoms. The summed E-state index contributed by atoms with van der Waals surface area (Å²) in [6.07, 6.45) is 3.17. The van der Waals surface area contributed by atoms with Crippen LogP contribution in [0, 0.1) is 6.92 Å². The Kier molecular flexibility index (Phi) is 4.99. The molecule has 106 valence electrons. The molecule has 21 heavy (non-hydrogen) atoms. The van der Waals surface area contributed by atoms with Gasteiger partial charge in [0, 0.05) is 0 Å². The zero-order chi connectivity index (χ0) is 15.1. The zero-order valence-corrected chi connectivity index (χ0v) is 12.1. The van der Waals surface area contributed by atoms with Crippen LogP contribution in [-0.2, 0) is 4.79 Å². The number of benzene rings is 2. The molecule has 2 aromatic rings. The average Bonchev–Trinajstić information content (AvgIpc) is 2.49. The largest absolute Gasteiger partial charge is 0.320 e. The Balaban J connectivity index is 2.29. The van der Waals surface area contributed by atoms with E-state index in [0.29, 0.717) is 11.4 Å². The fourth-order valence-corrected chi connectivity index (χ4v) is 1.82. The lowest BCUT2D eigenvalue weighted by atomic mass is 10.1. The Labute approximate surface area is 124 Å². The van der Waals surface area contributed by atoms with Gasteiger partial charge in [0.1, 0.15) is 5.69 Å². The molecule has 0 aliphatic rings. The van der Waals surface area contributed by atoms with Gasteiger partial charge in [0.15, 0.2) is 0 Å². The molecule has 1 amide bonds. The minimum Gasteiger partial charge on any atom is -0.320 e. The molecule has 4 nitrogen and oxygen atoms in total. The van der Waals surface area contributed by atoms with E-state index in [1.54, 1.807) is 13.0 Å². The van der Waals surface area contributed by atoms with E-state index in [-0.39, 0.29) is 5.91 Å². The van der Waals surface area contributed by atoms with Crippen molar-refractivity contribution in [2.75, 3.05) is 5.32 Å². The van der Waals surface area contributed by atoms with E-state index in [4.69, 9.17) is 0 Å². The summed E-state index contributed by atoms with van der Waals surface area (Å²) >= 11 is 0. The normalized spacial score (nSPS) is 11.1. The number of nitrogens with zero attached hydrogens (tertiary/aromatic N) is 2. The van der Waals surface area contributed by atoms with Crippen molar-refractivity contribution < 1.29 is 4.79 Å². The molecule has 0 spiro atoms. The molecule has 2 rings (SSSR count). The van der Waals surface area contributed by atoms with Crippen molar-refractivity contribution in [3.8, 4) is 0 Å². The summed E-state index contributed by atoms with van der Waals surface area (Å²) in [4.78, 5) is 11.7. The van der Waals surface area contributed by atoms with Gasteiger partial charge in [-0.1, -0.05) is 36.4 Å². The van der Waals surface area contributed by atoms with Crippen LogP contribution in [0.3, 0.4) is 0 Å². The van der Waals surface area contributed by atoms with Gasteiger partial charge >= 0.3 is 0 Å². The van der Waals surface area contributed by atoms with Crippen LogP contribution in [0.5, 0.6) is 0 Å². The van der Waals surface area contributed by atoms with Crippen molar-refractivity contribution >= 4 is 23.0 Å². The van der Waals surface area contributed by atoms with Gasteiger partial charge in [0.25, 0.3) is 0 Å². The van der Waals surface area contributed by atoms with Gasteiger partial charge in [0.2, 0.25) is 5.91 Å². The zero-order valence-electron chi connectivity index (χ0n) is 12.1. The molecule has 0 atom stereocenters. The molecule has 0 aliphatic heterocycles. The van der Waals surface area contributed by atoms with E-state index in [1.807, 2.05) is 55.5 Å². The molecule has 1 N–H and O–H groups in total. The Morgan fingerprint density at radius 2 is 1.81 bits per heavy atom. The third kappa shape index (κ3) is 4.11. The highest BCUT2D eigenvalue weighted by atomic mass is 16.1. The SMILES string of the molecule is CC=CC(=O)Nc1c(C)cccc1N=Nc1ccccc1. The van der Waals surface area contributed by atoms with Crippen LogP contribution in [0.1, 0.15) is 12.5 Å². The van der Waals surface area contributed by atoms with E-state index in [0.717, 1.165) is 11.3 Å². The number of allylic oxidation sites excluding steroid dienone is 1. The molecule has 0 aliphatic carbocycles. The van der Waals surface area contributed by atoms with E-state index in [2.05, 4.69) is 15.5 Å².